The van der Waals surface area contributed by atoms with E-state index in [0.29, 0.717) is 40.4 Å². The molecule has 9 nitrogen and oxygen atoms in total. The molecule has 0 saturated heterocycles. The highest BCUT2D eigenvalue weighted by Gasteiger charge is 2.41. The van der Waals surface area contributed by atoms with Gasteiger partial charge in [-0.1, -0.05) is 6.07 Å². The lowest BCUT2D eigenvalue weighted by atomic mass is 9.79. The van der Waals surface area contributed by atoms with E-state index in [0.717, 1.165) is 5.56 Å². The number of allylic oxidation sites excluding steroid dienone is 1. The van der Waals surface area contributed by atoms with Crippen LogP contribution in [0.15, 0.2) is 35.7 Å². The largest absolute Gasteiger partial charge is 0.496 e. The minimum atomic E-state index is -1.15. The quantitative estimate of drug-likeness (QED) is 0.630. The number of aryl methyl sites for hydroxylation is 1. The summed E-state index contributed by atoms with van der Waals surface area (Å²) in [6.45, 7) is 6.75. The number of rotatable bonds is 7. The van der Waals surface area contributed by atoms with Crippen molar-refractivity contribution in [3.63, 3.8) is 0 Å². The van der Waals surface area contributed by atoms with E-state index in [2.05, 4.69) is 11.1 Å². The molecule has 1 aromatic carbocycles. The van der Waals surface area contributed by atoms with Crippen molar-refractivity contribution in [3.8, 4) is 17.7 Å². The van der Waals surface area contributed by atoms with E-state index >= 15 is 0 Å². The number of carboxylic acids is 1. The molecule has 2 heterocycles. The van der Waals surface area contributed by atoms with Crippen molar-refractivity contribution in [2.45, 2.75) is 33.6 Å². The van der Waals surface area contributed by atoms with Gasteiger partial charge in [-0.25, -0.2) is 9.78 Å². The number of pyridine rings is 1. The Morgan fingerprint density at radius 1 is 1.30 bits per heavy atom. The molecular formula is C24H25N3O6. The molecule has 0 spiro atoms. The van der Waals surface area contributed by atoms with Gasteiger partial charge in [-0.15, -0.1) is 0 Å². The molecule has 0 fully saturated rings. The first-order chi connectivity index (χ1) is 15.7. The van der Waals surface area contributed by atoms with Gasteiger partial charge in [0.15, 0.2) is 6.73 Å². The van der Waals surface area contributed by atoms with Gasteiger partial charge in [0.2, 0.25) is 5.88 Å². The lowest BCUT2D eigenvalue weighted by molar-refractivity contribution is -0.140. The van der Waals surface area contributed by atoms with Crippen molar-refractivity contribution in [2.75, 3.05) is 25.3 Å². The maximum atomic E-state index is 12.6. The summed E-state index contributed by atoms with van der Waals surface area (Å²) in [5, 5.41) is 19.6. The lowest BCUT2D eigenvalue weighted by Crippen LogP contribution is -2.35. The number of carbonyl (C=O) groups is 2. The summed E-state index contributed by atoms with van der Waals surface area (Å²) in [5.74, 6) is -1.80. The number of methoxy groups -OCH3 is 1. The number of hydrogen-bond acceptors (Lipinski definition) is 8. The number of nitrogens with zero attached hydrogens (tertiary/aromatic N) is 3. The molecule has 3 rings (SSSR count). The fraction of sp³-hybridized carbons (Fsp3) is 0.333. The fourth-order valence-corrected chi connectivity index (χ4v) is 4.06. The van der Waals surface area contributed by atoms with E-state index < -0.39 is 17.9 Å². The van der Waals surface area contributed by atoms with E-state index in [-0.39, 0.29) is 18.2 Å². The van der Waals surface area contributed by atoms with Crippen molar-refractivity contribution < 1.29 is 28.9 Å². The highest BCUT2D eigenvalue weighted by molar-refractivity contribution is 5.94. The van der Waals surface area contributed by atoms with Crippen molar-refractivity contribution in [1.29, 1.82) is 5.26 Å². The van der Waals surface area contributed by atoms with Crippen molar-refractivity contribution in [1.82, 2.24) is 4.98 Å². The van der Waals surface area contributed by atoms with Crippen LogP contribution in [0.5, 0.6) is 11.6 Å². The zero-order valence-electron chi connectivity index (χ0n) is 19.1. The first kappa shape index (κ1) is 23.6. The van der Waals surface area contributed by atoms with Gasteiger partial charge in [-0.05, 0) is 38.5 Å². The second kappa shape index (κ2) is 9.61. The van der Waals surface area contributed by atoms with Crippen LogP contribution in [-0.2, 0) is 14.3 Å². The molecule has 1 aliphatic rings. The topological polar surface area (TPSA) is 122 Å². The predicted octanol–water partition coefficient (Wildman–Crippen LogP) is 3.50. The predicted molar refractivity (Wildman–Crippen MR) is 119 cm³/mol. The molecule has 0 bridgehead atoms. The third-order valence-corrected chi connectivity index (χ3v) is 5.46. The lowest BCUT2D eigenvalue weighted by Gasteiger charge is -2.38. The number of ether oxygens (including phenoxy) is 3. The minimum Gasteiger partial charge on any atom is -0.496 e. The third kappa shape index (κ3) is 4.32. The maximum Gasteiger partial charge on any atom is 0.334 e. The Bertz CT molecular complexity index is 1180. The number of nitriles is 1. The summed E-state index contributed by atoms with van der Waals surface area (Å²) in [6.07, 6.45) is 1.64. The number of fused-ring (bicyclic) bond motifs is 1. The molecule has 1 atom stereocenters. The van der Waals surface area contributed by atoms with Gasteiger partial charge in [0, 0.05) is 24.4 Å². The third-order valence-electron chi connectivity index (χ3n) is 5.46. The second-order valence-corrected chi connectivity index (χ2v) is 7.44. The number of aliphatic carboxylic acids is 1. The molecule has 1 aliphatic heterocycles. The minimum absolute atomic E-state index is 0.0611. The highest BCUT2D eigenvalue weighted by atomic mass is 16.5. The van der Waals surface area contributed by atoms with E-state index in [1.54, 1.807) is 36.2 Å². The number of anilines is 1. The number of hydrogen-bond donors (Lipinski definition) is 1. The monoisotopic (exact) mass is 451 g/mol. The first-order valence-corrected chi connectivity index (χ1v) is 10.3. The van der Waals surface area contributed by atoms with Crippen molar-refractivity contribution in [3.05, 3.63) is 57.9 Å². The number of aromatic nitrogens is 1. The van der Waals surface area contributed by atoms with Crippen molar-refractivity contribution >= 4 is 17.6 Å². The zero-order valence-corrected chi connectivity index (χ0v) is 19.1. The Morgan fingerprint density at radius 3 is 2.61 bits per heavy atom. The van der Waals surface area contributed by atoms with Crippen LogP contribution in [0.25, 0.3) is 0 Å². The van der Waals surface area contributed by atoms with Crippen molar-refractivity contribution in [2.24, 2.45) is 0 Å². The van der Waals surface area contributed by atoms with Crippen LogP contribution in [-0.4, -0.2) is 42.5 Å². The number of carbonyl (C=O) groups excluding carboxylic acids is 1. The molecule has 1 aromatic heterocycles. The molecule has 0 aliphatic carbocycles. The van der Waals surface area contributed by atoms with Crippen LogP contribution in [0.3, 0.4) is 0 Å². The second-order valence-electron chi connectivity index (χ2n) is 7.44. The summed E-state index contributed by atoms with van der Waals surface area (Å²) in [5.41, 5.74) is 3.32. The van der Waals surface area contributed by atoms with E-state index in [1.807, 2.05) is 13.8 Å². The van der Waals surface area contributed by atoms with Crippen LogP contribution in [0.2, 0.25) is 0 Å². The molecule has 1 N–H and O–H groups in total. The van der Waals surface area contributed by atoms with Gasteiger partial charge < -0.3 is 24.2 Å². The molecule has 0 amide bonds. The first-order valence-electron chi connectivity index (χ1n) is 10.3. The summed E-state index contributed by atoms with van der Waals surface area (Å²) < 4.78 is 16.6. The summed E-state index contributed by atoms with van der Waals surface area (Å²) in [7, 11) is 1.46. The van der Waals surface area contributed by atoms with Gasteiger partial charge in [0.1, 0.15) is 5.75 Å². The highest BCUT2D eigenvalue weighted by Crippen LogP contribution is 2.51. The van der Waals surface area contributed by atoms with Gasteiger partial charge in [-0.2, -0.15) is 5.26 Å². The van der Waals surface area contributed by atoms with Crippen LogP contribution in [0.4, 0.5) is 5.69 Å². The smallest absolute Gasteiger partial charge is 0.334 e. The fourth-order valence-electron chi connectivity index (χ4n) is 4.06. The Hall–Kier alpha value is -4.06. The zero-order chi connectivity index (χ0) is 24.3. The van der Waals surface area contributed by atoms with Gasteiger partial charge in [-0.3, -0.25) is 4.79 Å². The van der Waals surface area contributed by atoms with Crippen LogP contribution in [0, 0.1) is 18.3 Å². The number of benzene rings is 1. The normalized spacial score (nSPS) is 14.9. The molecular weight excluding hydrogens is 426 g/mol. The Kier molecular flexibility index (Phi) is 6.87. The average Bonchev–Trinajstić information content (AvgIpc) is 2.78. The number of carboxylic acid groups (broad SMARTS) is 1. The average molecular weight is 451 g/mol. The standard InChI is InChI=1S/C24H25N3O6/c1-6-32-23-21-20(17-8-7-16(10-25)9-18(17)31-5)19(24(29)30)14(3)27(12-33-15(4)28)22(21)13(2)11-26-23/h7-9,11,20H,6,12H2,1-5H3,(H,29,30). The molecule has 0 saturated carbocycles. The molecule has 1 unspecified atom stereocenters. The number of esters is 1. The maximum absolute atomic E-state index is 12.6. The molecule has 9 heteroatoms. The van der Waals surface area contributed by atoms with Crippen LogP contribution in [0.1, 0.15) is 48.9 Å². The van der Waals surface area contributed by atoms with E-state index in [1.165, 1.54) is 14.0 Å². The Morgan fingerprint density at radius 2 is 2.03 bits per heavy atom. The van der Waals surface area contributed by atoms with Crippen LogP contribution < -0.4 is 14.4 Å². The summed E-state index contributed by atoms with van der Waals surface area (Å²) in [6, 6.07) is 6.93. The van der Waals surface area contributed by atoms with Gasteiger partial charge in [0.25, 0.3) is 0 Å². The molecule has 172 valence electrons. The van der Waals surface area contributed by atoms with Crippen LogP contribution >= 0.6 is 0 Å². The Balaban J connectivity index is 2.41. The SMILES string of the molecule is CCOc1ncc(C)c2c1C(c1ccc(C#N)cc1OC)C(C(=O)O)=C(C)N2COC(C)=O. The molecule has 2 aromatic rings. The van der Waals surface area contributed by atoms with Gasteiger partial charge in [0.05, 0.1) is 48.1 Å². The Labute approximate surface area is 191 Å². The van der Waals surface area contributed by atoms with E-state index in [9.17, 15) is 20.0 Å². The summed E-state index contributed by atoms with van der Waals surface area (Å²) in [4.78, 5) is 30.2. The van der Waals surface area contributed by atoms with Gasteiger partial charge >= 0.3 is 11.9 Å². The molecule has 33 heavy (non-hydrogen) atoms. The summed E-state index contributed by atoms with van der Waals surface area (Å²) >= 11 is 0. The van der Waals surface area contributed by atoms with E-state index in [4.69, 9.17) is 14.2 Å². The molecule has 0 radical (unpaired) electrons.